The number of hydrogen-bond acceptors (Lipinski definition) is 1. The summed E-state index contributed by atoms with van der Waals surface area (Å²) in [5.74, 6) is 0. The predicted octanol–water partition coefficient (Wildman–Crippen LogP) is 4.44. The van der Waals surface area contributed by atoms with Crippen molar-refractivity contribution in [2.75, 3.05) is 0 Å². The van der Waals surface area contributed by atoms with E-state index >= 15 is 0 Å². The van der Waals surface area contributed by atoms with Gasteiger partial charge in [0, 0.05) is 10.5 Å². The van der Waals surface area contributed by atoms with Crippen LogP contribution < -0.4 is 5.73 Å². The summed E-state index contributed by atoms with van der Waals surface area (Å²) in [4.78, 5) is 0. The molecular formula is C15H16BrN. The first-order valence-corrected chi connectivity index (χ1v) is 6.49. The molecular weight excluding hydrogens is 274 g/mol. The molecule has 0 aliphatic rings. The standard InChI is InChI=1S/C15H16BrN/c1-10-3-5-12(6-4-10)14-9-13(11(2)17)7-8-15(14)16/h3-9,11H,17H2,1-2H3. The molecule has 1 atom stereocenters. The van der Waals surface area contributed by atoms with E-state index in [1.807, 2.05) is 6.92 Å². The van der Waals surface area contributed by atoms with Crippen molar-refractivity contribution in [3.8, 4) is 11.1 Å². The number of aryl methyl sites for hydroxylation is 1. The van der Waals surface area contributed by atoms with Crippen LogP contribution in [0.1, 0.15) is 24.1 Å². The zero-order valence-electron chi connectivity index (χ0n) is 10.1. The minimum atomic E-state index is 0.0623. The molecule has 2 aromatic carbocycles. The summed E-state index contributed by atoms with van der Waals surface area (Å²) in [6.45, 7) is 4.10. The average Bonchev–Trinajstić information content (AvgIpc) is 2.31. The summed E-state index contributed by atoms with van der Waals surface area (Å²) in [6, 6.07) is 14.9. The van der Waals surface area contributed by atoms with Crippen molar-refractivity contribution >= 4 is 15.9 Å². The van der Waals surface area contributed by atoms with Crippen LogP contribution in [0.4, 0.5) is 0 Å². The van der Waals surface area contributed by atoms with Crippen LogP contribution in [-0.2, 0) is 0 Å². The molecule has 2 rings (SSSR count). The molecule has 0 aromatic heterocycles. The maximum absolute atomic E-state index is 5.92. The highest BCUT2D eigenvalue weighted by Gasteiger charge is 2.06. The van der Waals surface area contributed by atoms with E-state index in [4.69, 9.17) is 5.73 Å². The largest absolute Gasteiger partial charge is 0.324 e. The molecule has 2 aromatic rings. The van der Waals surface area contributed by atoms with Gasteiger partial charge in [0.05, 0.1) is 0 Å². The second-order valence-electron chi connectivity index (χ2n) is 4.39. The average molecular weight is 290 g/mol. The monoisotopic (exact) mass is 289 g/mol. The molecule has 0 spiro atoms. The van der Waals surface area contributed by atoms with E-state index < -0.39 is 0 Å². The van der Waals surface area contributed by atoms with Gasteiger partial charge in [0.15, 0.2) is 0 Å². The van der Waals surface area contributed by atoms with Crippen LogP contribution in [0.2, 0.25) is 0 Å². The molecule has 0 heterocycles. The van der Waals surface area contributed by atoms with E-state index in [-0.39, 0.29) is 6.04 Å². The lowest BCUT2D eigenvalue weighted by molar-refractivity contribution is 0.818. The third-order valence-electron chi connectivity index (χ3n) is 2.88. The fraction of sp³-hybridized carbons (Fsp3) is 0.200. The Morgan fingerprint density at radius 3 is 2.29 bits per heavy atom. The highest BCUT2D eigenvalue weighted by Crippen LogP contribution is 2.30. The molecule has 2 N–H and O–H groups in total. The second kappa shape index (κ2) is 5.03. The molecule has 1 nitrogen and oxygen atoms in total. The van der Waals surface area contributed by atoms with Crippen LogP contribution in [0.3, 0.4) is 0 Å². The zero-order chi connectivity index (χ0) is 12.4. The minimum absolute atomic E-state index is 0.0623. The van der Waals surface area contributed by atoms with Crippen LogP contribution in [0.5, 0.6) is 0 Å². The lowest BCUT2D eigenvalue weighted by Gasteiger charge is -2.11. The second-order valence-corrected chi connectivity index (χ2v) is 5.25. The summed E-state index contributed by atoms with van der Waals surface area (Å²) < 4.78 is 1.10. The van der Waals surface area contributed by atoms with Gasteiger partial charge in [0.1, 0.15) is 0 Å². The van der Waals surface area contributed by atoms with E-state index in [2.05, 4.69) is 65.3 Å². The van der Waals surface area contributed by atoms with Crippen molar-refractivity contribution in [1.29, 1.82) is 0 Å². The van der Waals surface area contributed by atoms with Crippen molar-refractivity contribution in [2.45, 2.75) is 19.9 Å². The van der Waals surface area contributed by atoms with Gasteiger partial charge in [-0.2, -0.15) is 0 Å². The van der Waals surface area contributed by atoms with Crippen molar-refractivity contribution in [2.24, 2.45) is 5.73 Å². The molecule has 2 heteroatoms. The van der Waals surface area contributed by atoms with Crippen LogP contribution in [0, 0.1) is 6.92 Å². The SMILES string of the molecule is Cc1ccc(-c2cc(C(C)N)ccc2Br)cc1. The van der Waals surface area contributed by atoms with Gasteiger partial charge in [-0.25, -0.2) is 0 Å². The van der Waals surface area contributed by atoms with Gasteiger partial charge in [0.25, 0.3) is 0 Å². The van der Waals surface area contributed by atoms with Gasteiger partial charge in [-0.15, -0.1) is 0 Å². The summed E-state index contributed by atoms with van der Waals surface area (Å²) in [5, 5.41) is 0. The first-order chi connectivity index (χ1) is 8.08. The Kier molecular flexibility index (Phi) is 3.65. The molecule has 0 fully saturated rings. The van der Waals surface area contributed by atoms with Crippen molar-refractivity contribution in [1.82, 2.24) is 0 Å². The fourth-order valence-corrected chi connectivity index (χ4v) is 2.26. The van der Waals surface area contributed by atoms with Gasteiger partial charge < -0.3 is 5.73 Å². The van der Waals surface area contributed by atoms with Crippen LogP contribution in [-0.4, -0.2) is 0 Å². The Hall–Kier alpha value is -1.12. The minimum Gasteiger partial charge on any atom is -0.324 e. The van der Waals surface area contributed by atoms with E-state index in [1.54, 1.807) is 0 Å². The van der Waals surface area contributed by atoms with Crippen LogP contribution >= 0.6 is 15.9 Å². The Morgan fingerprint density at radius 2 is 1.71 bits per heavy atom. The van der Waals surface area contributed by atoms with Gasteiger partial charge in [-0.05, 0) is 42.7 Å². The Labute approximate surface area is 111 Å². The van der Waals surface area contributed by atoms with E-state index in [1.165, 1.54) is 16.7 Å². The maximum Gasteiger partial charge on any atom is 0.0266 e. The smallest absolute Gasteiger partial charge is 0.0266 e. The number of benzene rings is 2. The topological polar surface area (TPSA) is 26.0 Å². The van der Waals surface area contributed by atoms with Crippen molar-refractivity contribution < 1.29 is 0 Å². The Morgan fingerprint density at radius 1 is 1.06 bits per heavy atom. The maximum atomic E-state index is 5.92. The number of halogens is 1. The molecule has 0 amide bonds. The number of hydrogen-bond donors (Lipinski definition) is 1. The predicted molar refractivity (Wildman–Crippen MR) is 76.9 cm³/mol. The Balaban J connectivity index is 2.50. The van der Waals surface area contributed by atoms with Crippen molar-refractivity contribution in [3.05, 3.63) is 58.1 Å². The molecule has 0 saturated heterocycles. The highest BCUT2D eigenvalue weighted by atomic mass is 79.9. The molecule has 88 valence electrons. The number of nitrogens with two attached hydrogens (primary N) is 1. The summed E-state index contributed by atoms with van der Waals surface area (Å²) in [6.07, 6.45) is 0. The molecule has 17 heavy (non-hydrogen) atoms. The fourth-order valence-electron chi connectivity index (χ4n) is 1.78. The van der Waals surface area contributed by atoms with E-state index in [0.29, 0.717) is 0 Å². The van der Waals surface area contributed by atoms with Gasteiger partial charge >= 0.3 is 0 Å². The Bertz CT molecular complexity index is 515. The van der Waals surface area contributed by atoms with Gasteiger partial charge in [-0.1, -0.05) is 51.8 Å². The highest BCUT2D eigenvalue weighted by molar-refractivity contribution is 9.10. The molecule has 0 bridgehead atoms. The lowest BCUT2D eigenvalue weighted by atomic mass is 10.00. The third kappa shape index (κ3) is 2.76. The van der Waals surface area contributed by atoms with Gasteiger partial charge in [0.2, 0.25) is 0 Å². The zero-order valence-corrected chi connectivity index (χ0v) is 11.7. The molecule has 0 radical (unpaired) electrons. The van der Waals surface area contributed by atoms with Gasteiger partial charge in [-0.3, -0.25) is 0 Å². The molecule has 0 aliphatic heterocycles. The first-order valence-electron chi connectivity index (χ1n) is 5.70. The number of rotatable bonds is 2. The van der Waals surface area contributed by atoms with Crippen LogP contribution in [0.15, 0.2) is 46.9 Å². The van der Waals surface area contributed by atoms with Crippen molar-refractivity contribution in [3.63, 3.8) is 0 Å². The molecule has 1 unspecified atom stereocenters. The molecule has 0 saturated carbocycles. The quantitative estimate of drug-likeness (QED) is 0.869. The normalized spacial score (nSPS) is 12.5. The third-order valence-corrected chi connectivity index (χ3v) is 3.57. The summed E-state index contributed by atoms with van der Waals surface area (Å²) in [5.41, 5.74) is 10.8. The summed E-state index contributed by atoms with van der Waals surface area (Å²) >= 11 is 3.59. The molecule has 0 aliphatic carbocycles. The first kappa shape index (κ1) is 12.3. The summed E-state index contributed by atoms with van der Waals surface area (Å²) in [7, 11) is 0. The van der Waals surface area contributed by atoms with E-state index in [9.17, 15) is 0 Å². The van der Waals surface area contributed by atoms with E-state index in [0.717, 1.165) is 10.0 Å². The lowest BCUT2D eigenvalue weighted by Crippen LogP contribution is -2.04. The van der Waals surface area contributed by atoms with Crippen LogP contribution in [0.25, 0.3) is 11.1 Å².